The molecule has 36 heavy (non-hydrogen) atoms. The van der Waals surface area contributed by atoms with E-state index < -0.39 is 11.7 Å². The van der Waals surface area contributed by atoms with E-state index in [9.17, 15) is 9.59 Å². The lowest BCUT2D eigenvalue weighted by Gasteiger charge is -2.33. The molecule has 0 saturated carbocycles. The van der Waals surface area contributed by atoms with Crippen LogP contribution in [-0.2, 0) is 11.3 Å². The monoisotopic (exact) mass is 504 g/mol. The first-order valence-electron chi connectivity index (χ1n) is 12.2. The molecule has 1 saturated heterocycles. The summed E-state index contributed by atoms with van der Waals surface area (Å²) in [6.07, 6.45) is 1.62. The van der Waals surface area contributed by atoms with E-state index in [-0.39, 0.29) is 5.56 Å². The second kappa shape index (κ2) is 9.76. The van der Waals surface area contributed by atoms with Gasteiger partial charge in [0.1, 0.15) is 5.60 Å². The molecule has 2 aromatic heterocycles. The molecule has 0 bridgehead atoms. The number of rotatable bonds is 4. The Morgan fingerprint density at radius 1 is 1.00 bits per heavy atom. The van der Waals surface area contributed by atoms with Gasteiger partial charge in [0, 0.05) is 43.6 Å². The fraction of sp³-hybridized carbons (Fsp3) is 0.357. The van der Waals surface area contributed by atoms with Crippen LogP contribution in [-0.4, -0.2) is 62.9 Å². The zero-order valence-electron chi connectivity index (χ0n) is 21.2. The van der Waals surface area contributed by atoms with Crippen molar-refractivity contribution in [3.05, 3.63) is 70.5 Å². The molecule has 1 aliphatic rings. The number of benzene rings is 2. The minimum absolute atomic E-state index is 0.242. The van der Waals surface area contributed by atoms with Crippen molar-refractivity contribution >= 4 is 39.8 Å². The highest BCUT2D eigenvalue weighted by Gasteiger charge is 2.25. The lowest BCUT2D eigenvalue weighted by atomic mass is 10.1. The van der Waals surface area contributed by atoms with Gasteiger partial charge >= 0.3 is 6.09 Å². The molecular weight excluding hydrogens is 472 g/mol. The third kappa shape index (κ3) is 5.07. The molecule has 2 aromatic carbocycles. The van der Waals surface area contributed by atoms with E-state index in [2.05, 4.69) is 32.6 Å². The van der Waals surface area contributed by atoms with Crippen molar-refractivity contribution in [1.29, 1.82) is 0 Å². The zero-order chi connectivity index (χ0) is 25.4. The highest BCUT2D eigenvalue weighted by atomic mass is 32.2. The molecule has 3 heterocycles. The number of para-hydroxylation sites is 1. The summed E-state index contributed by atoms with van der Waals surface area (Å²) in [6, 6.07) is 17.6. The van der Waals surface area contributed by atoms with Crippen molar-refractivity contribution in [2.75, 3.05) is 32.4 Å². The summed E-state index contributed by atoms with van der Waals surface area (Å²) >= 11 is 1.80. The standard InChI is InChI=1S/C28H32N4O3S/c1-28(2,3)35-27(34)32-24-10-9-19(18-30-11-13-31(36-4)14-12-30)15-21(24)17-25(32)22-16-20-7-5-6-8-23(20)29-26(22)33/h5-10,15-17H,11-14,18H2,1-4H3,(H,29,33). The minimum atomic E-state index is -0.667. The van der Waals surface area contributed by atoms with Gasteiger partial charge in [-0.3, -0.25) is 9.69 Å². The van der Waals surface area contributed by atoms with E-state index >= 15 is 0 Å². The van der Waals surface area contributed by atoms with Crippen molar-refractivity contribution in [1.82, 2.24) is 18.8 Å². The van der Waals surface area contributed by atoms with Crippen LogP contribution in [0.3, 0.4) is 0 Å². The molecule has 0 spiro atoms. The summed E-state index contributed by atoms with van der Waals surface area (Å²) in [4.78, 5) is 31.9. The minimum Gasteiger partial charge on any atom is -0.443 e. The number of pyridine rings is 1. The molecule has 4 aromatic rings. The number of piperazine rings is 1. The Balaban J connectivity index is 1.58. The zero-order valence-corrected chi connectivity index (χ0v) is 22.0. The van der Waals surface area contributed by atoms with Crippen molar-refractivity contribution in [2.45, 2.75) is 32.9 Å². The average Bonchev–Trinajstić information content (AvgIpc) is 3.21. The number of carbonyl (C=O) groups excluding carboxylic acids is 1. The van der Waals surface area contributed by atoms with Crippen molar-refractivity contribution in [3.63, 3.8) is 0 Å². The molecular formula is C28H32N4O3S. The van der Waals surface area contributed by atoms with E-state index in [0.29, 0.717) is 11.3 Å². The highest BCUT2D eigenvalue weighted by molar-refractivity contribution is 7.96. The van der Waals surface area contributed by atoms with Crippen LogP contribution in [0.5, 0.6) is 0 Å². The van der Waals surface area contributed by atoms with Crippen LogP contribution in [0.1, 0.15) is 26.3 Å². The number of hydrogen-bond donors (Lipinski definition) is 1. The normalized spacial score (nSPS) is 15.6. The number of carbonyl (C=O) groups is 1. The quantitative estimate of drug-likeness (QED) is 0.379. The number of ether oxygens (including phenoxy) is 1. The van der Waals surface area contributed by atoms with Crippen LogP contribution in [0.25, 0.3) is 33.1 Å². The van der Waals surface area contributed by atoms with Gasteiger partial charge in [-0.1, -0.05) is 36.2 Å². The van der Waals surface area contributed by atoms with Gasteiger partial charge in [-0.25, -0.2) is 13.7 Å². The van der Waals surface area contributed by atoms with Gasteiger partial charge in [0.25, 0.3) is 5.56 Å². The van der Waals surface area contributed by atoms with E-state index in [1.807, 2.05) is 63.2 Å². The molecule has 7 nitrogen and oxygen atoms in total. The Morgan fingerprint density at radius 2 is 1.75 bits per heavy atom. The van der Waals surface area contributed by atoms with Crippen LogP contribution >= 0.6 is 11.9 Å². The van der Waals surface area contributed by atoms with E-state index in [1.54, 1.807) is 11.9 Å². The Morgan fingerprint density at radius 3 is 2.47 bits per heavy atom. The van der Waals surface area contributed by atoms with E-state index in [4.69, 9.17) is 4.74 Å². The number of hydrogen-bond acceptors (Lipinski definition) is 6. The Kier molecular flexibility index (Phi) is 6.68. The number of fused-ring (bicyclic) bond motifs is 2. The average molecular weight is 505 g/mol. The van der Waals surface area contributed by atoms with Gasteiger partial charge in [0.2, 0.25) is 0 Å². The SMILES string of the molecule is CSN1CCN(Cc2ccc3c(c2)cc(-c2cc4ccccc4[nH]c2=O)n3C(=O)OC(C)(C)C)CC1. The molecule has 0 atom stereocenters. The first-order chi connectivity index (χ1) is 17.2. The number of nitrogens with zero attached hydrogens (tertiary/aromatic N) is 3. The van der Waals surface area contributed by atoms with Crippen LogP contribution in [0, 0.1) is 0 Å². The van der Waals surface area contributed by atoms with Gasteiger partial charge in [-0.2, -0.15) is 0 Å². The molecule has 1 fully saturated rings. The van der Waals surface area contributed by atoms with Crippen LogP contribution in [0.15, 0.2) is 59.4 Å². The van der Waals surface area contributed by atoms with Gasteiger partial charge < -0.3 is 9.72 Å². The maximum absolute atomic E-state index is 13.4. The van der Waals surface area contributed by atoms with Gasteiger partial charge in [0.05, 0.1) is 16.8 Å². The smallest absolute Gasteiger partial charge is 0.419 e. The van der Waals surface area contributed by atoms with Gasteiger partial charge in [0.15, 0.2) is 0 Å². The maximum atomic E-state index is 13.4. The summed E-state index contributed by atoms with van der Waals surface area (Å²) in [5.74, 6) is 0. The molecule has 5 rings (SSSR count). The summed E-state index contributed by atoms with van der Waals surface area (Å²) in [6.45, 7) is 10.5. The van der Waals surface area contributed by atoms with Crippen LogP contribution in [0.2, 0.25) is 0 Å². The summed E-state index contributed by atoms with van der Waals surface area (Å²) in [7, 11) is 0. The van der Waals surface area contributed by atoms with Crippen molar-refractivity contribution in [3.8, 4) is 11.3 Å². The van der Waals surface area contributed by atoms with E-state index in [1.165, 1.54) is 10.1 Å². The number of aromatic amines is 1. The van der Waals surface area contributed by atoms with Crippen molar-refractivity contribution < 1.29 is 9.53 Å². The second-order valence-electron chi connectivity index (χ2n) is 10.2. The molecule has 8 heteroatoms. The van der Waals surface area contributed by atoms with Crippen molar-refractivity contribution in [2.24, 2.45) is 0 Å². The maximum Gasteiger partial charge on any atom is 0.419 e. The summed E-state index contributed by atoms with van der Waals surface area (Å²) in [5, 5.41) is 1.81. The predicted octanol–water partition coefficient (Wildman–Crippen LogP) is 5.33. The first-order valence-corrected chi connectivity index (χ1v) is 13.4. The van der Waals surface area contributed by atoms with E-state index in [0.717, 1.165) is 54.5 Å². The molecule has 0 radical (unpaired) electrons. The molecule has 0 unspecified atom stereocenters. The number of aromatic nitrogens is 2. The lowest BCUT2D eigenvalue weighted by molar-refractivity contribution is 0.0547. The predicted molar refractivity (Wildman–Crippen MR) is 147 cm³/mol. The molecule has 1 aliphatic heterocycles. The number of nitrogens with one attached hydrogen (secondary N) is 1. The third-order valence-corrected chi connectivity index (χ3v) is 7.35. The highest BCUT2D eigenvalue weighted by Crippen LogP contribution is 2.30. The van der Waals surface area contributed by atoms with Crippen LogP contribution in [0.4, 0.5) is 4.79 Å². The second-order valence-corrected chi connectivity index (χ2v) is 11.1. The fourth-order valence-electron chi connectivity index (χ4n) is 4.73. The van der Waals surface area contributed by atoms with Crippen LogP contribution < -0.4 is 5.56 Å². The largest absolute Gasteiger partial charge is 0.443 e. The molecule has 188 valence electrons. The molecule has 0 aliphatic carbocycles. The fourth-order valence-corrected chi connectivity index (χ4v) is 5.26. The molecule has 1 N–H and O–H groups in total. The molecule has 0 amide bonds. The number of H-pyrrole nitrogens is 1. The van der Waals surface area contributed by atoms with Gasteiger partial charge in [-0.15, -0.1) is 0 Å². The Hall–Kier alpha value is -3.07. The topological polar surface area (TPSA) is 70.6 Å². The lowest BCUT2D eigenvalue weighted by Crippen LogP contribution is -2.42. The van der Waals surface area contributed by atoms with Gasteiger partial charge in [-0.05, 0) is 68.3 Å². The summed E-state index contributed by atoms with van der Waals surface area (Å²) in [5.41, 5.74) is 2.72. The third-order valence-electron chi connectivity index (χ3n) is 6.47. The summed E-state index contributed by atoms with van der Waals surface area (Å²) < 4.78 is 9.66. The Bertz CT molecular complexity index is 1480. The Labute approximate surface area is 215 Å². The first kappa shape index (κ1) is 24.6.